The summed E-state index contributed by atoms with van der Waals surface area (Å²) in [4.78, 5) is 29.5. The number of nitrogens with zero attached hydrogens (tertiary/aromatic N) is 2. The van der Waals surface area contributed by atoms with Gasteiger partial charge >= 0.3 is 6.18 Å². The van der Waals surface area contributed by atoms with Gasteiger partial charge in [-0.2, -0.15) is 13.2 Å². The molecule has 174 valence electrons. The fourth-order valence-electron chi connectivity index (χ4n) is 3.30. The fourth-order valence-corrected chi connectivity index (χ4v) is 3.47. The molecule has 3 N–H and O–H groups in total. The van der Waals surface area contributed by atoms with Gasteiger partial charge in [0.15, 0.2) is 0 Å². The Balaban J connectivity index is 0.00000306. The van der Waals surface area contributed by atoms with Crippen molar-refractivity contribution in [2.45, 2.75) is 19.3 Å². The number of carbonyl (C=O) groups is 2. The normalized spacial score (nSPS) is 13.0. The largest absolute Gasteiger partial charge is 0.416 e. The molecule has 2 amide bonds. The molecule has 0 aliphatic carbocycles. The van der Waals surface area contributed by atoms with Crippen LogP contribution in [0.5, 0.6) is 0 Å². The monoisotopic (exact) mass is 499 g/mol. The third-order valence-corrected chi connectivity index (χ3v) is 5.22. The zero-order valence-corrected chi connectivity index (χ0v) is 18.4. The number of carbonyl (C=O) groups excluding carboxylic acids is 2. The van der Waals surface area contributed by atoms with E-state index in [4.69, 9.17) is 11.6 Å². The highest BCUT2D eigenvalue weighted by molar-refractivity contribution is 6.34. The molecule has 0 fully saturated rings. The number of benzene rings is 2. The molecule has 33 heavy (non-hydrogen) atoms. The van der Waals surface area contributed by atoms with Crippen molar-refractivity contribution in [3.8, 4) is 0 Å². The van der Waals surface area contributed by atoms with E-state index in [2.05, 4.69) is 20.9 Å². The first-order chi connectivity index (χ1) is 15.2. The maximum absolute atomic E-state index is 12.9. The smallest absolute Gasteiger partial charge is 0.322 e. The average Bonchev–Trinajstić information content (AvgIpc) is 3.19. The van der Waals surface area contributed by atoms with Crippen molar-refractivity contribution >= 4 is 47.2 Å². The van der Waals surface area contributed by atoms with Crippen LogP contribution >= 0.6 is 24.0 Å². The number of amides is 2. The summed E-state index contributed by atoms with van der Waals surface area (Å²) in [5, 5.41) is 8.46. The minimum absolute atomic E-state index is 0. The molecule has 1 aliphatic rings. The highest BCUT2D eigenvalue weighted by Crippen LogP contribution is 2.31. The topological polar surface area (TPSA) is 88.1 Å². The van der Waals surface area contributed by atoms with Crippen LogP contribution in [0.15, 0.2) is 48.7 Å². The van der Waals surface area contributed by atoms with Crippen LogP contribution in [0.1, 0.15) is 32.2 Å². The van der Waals surface area contributed by atoms with E-state index in [-0.39, 0.29) is 34.4 Å². The lowest BCUT2D eigenvalue weighted by atomic mass is 10.1. The minimum Gasteiger partial charge on any atom is -0.322 e. The van der Waals surface area contributed by atoms with Crippen LogP contribution in [0.4, 0.5) is 24.5 Å². The van der Waals surface area contributed by atoms with Crippen LogP contribution in [-0.4, -0.2) is 27.9 Å². The van der Waals surface area contributed by atoms with E-state index < -0.39 is 23.6 Å². The van der Waals surface area contributed by atoms with Crippen LogP contribution in [0.2, 0.25) is 5.02 Å². The molecule has 1 aliphatic heterocycles. The Hall–Kier alpha value is -3.08. The SMILES string of the molecule is Cl.O=C(Nc1cccc(C(F)(F)F)c1)c1ccc(Cl)c(NC(=O)c2cnc3n2CCNC3)c1. The molecule has 0 saturated heterocycles. The maximum Gasteiger partial charge on any atom is 0.416 e. The Bertz CT molecular complexity index is 1200. The van der Waals surface area contributed by atoms with Crippen molar-refractivity contribution < 1.29 is 22.8 Å². The van der Waals surface area contributed by atoms with Gasteiger partial charge in [0.2, 0.25) is 0 Å². The summed E-state index contributed by atoms with van der Waals surface area (Å²) in [6, 6.07) is 8.50. The van der Waals surface area contributed by atoms with E-state index >= 15 is 0 Å². The van der Waals surface area contributed by atoms with Crippen LogP contribution in [-0.2, 0) is 19.3 Å². The number of nitrogens with one attached hydrogen (secondary N) is 3. The van der Waals surface area contributed by atoms with Crippen LogP contribution < -0.4 is 16.0 Å². The molecule has 0 radical (unpaired) electrons. The van der Waals surface area contributed by atoms with Gasteiger partial charge in [0, 0.05) is 24.3 Å². The zero-order valence-electron chi connectivity index (χ0n) is 16.9. The Morgan fingerprint density at radius 1 is 1.09 bits per heavy atom. The van der Waals surface area contributed by atoms with Gasteiger partial charge in [-0.3, -0.25) is 9.59 Å². The third-order valence-electron chi connectivity index (χ3n) is 4.89. The van der Waals surface area contributed by atoms with E-state index in [9.17, 15) is 22.8 Å². The van der Waals surface area contributed by atoms with Crippen molar-refractivity contribution in [2.75, 3.05) is 17.2 Å². The summed E-state index contributed by atoms with van der Waals surface area (Å²) in [6.45, 7) is 1.85. The molecule has 0 spiro atoms. The molecule has 0 saturated carbocycles. The van der Waals surface area contributed by atoms with Crippen molar-refractivity contribution in [3.63, 3.8) is 0 Å². The minimum atomic E-state index is -4.53. The zero-order chi connectivity index (χ0) is 22.9. The Kier molecular flexibility index (Phi) is 7.31. The molecule has 0 atom stereocenters. The number of hydrogen-bond donors (Lipinski definition) is 3. The number of fused-ring (bicyclic) bond motifs is 1. The number of alkyl halides is 3. The van der Waals surface area contributed by atoms with Gasteiger partial charge in [-0.25, -0.2) is 4.98 Å². The van der Waals surface area contributed by atoms with Gasteiger partial charge in [-0.1, -0.05) is 17.7 Å². The highest BCUT2D eigenvalue weighted by Gasteiger charge is 2.30. The number of hydrogen-bond acceptors (Lipinski definition) is 4. The lowest BCUT2D eigenvalue weighted by Gasteiger charge is -2.17. The molecular weight excluding hydrogens is 482 g/mol. The van der Waals surface area contributed by atoms with Gasteiger partial charge in [-0.05, 0) is 36.4 Å². The number of aromatic nitrogens is 2. The third kappa shape index (κ3) is 5.47. The molecule has 1 aromatic heterocycles. The molecule has 3 aromatic rings. The number of rotatable bonds is 4. The summed E-state index contributed by atoms with van der Waals surface area (Å²) in [5.41, 5.74) is -0.223. The Morgan fingerprint density at radius 3 is 2.64 bits per heavy atom. The van der Waals surface area contributed by atoms with Crippen molar-refractivity contribution in [1.29, 1.82) is 0 Å². The van der Waals surface area contributed by atoms with E-state index in [0.29, 0.717) is 25.3 Å². The summed E-state index contributed by atoms with van der Waals surface area (Å²) >= 11 is 6.18. The first-order valence-corrected chi connectivity index (χ1v) is 9.95. The lowest BCUT2D eigenvalue weighted by Crippen LogP contribution is -2.30. The van der Waals surface area contributed by atoms with E-state index in [0.717, 1.165) is 18.0 Å². The Labute approximate surface area is 197 Å². The van der Waals surface area contributed by atoms with Gasteiger partial charge in [-0.15, -0.1) is 12.4 Å². The first-order valence-electron chi connectivity index (χ1n) is 9.57. The molecule has 7 nitrogen and oxygen atoms in total. The number of anilines is 2. The van der Waals surface area contributed by atoms with Crippen LogP contribution in [0.25, 0.3) is 0 Å². The molecular formula is C21H18Cl2F3N5O2. The summed E-state index contributed by atoms with van der Waals surface area (Å²) < 4.78 is 40.5. The second-order valence-electron chi connectivity index (χ2n) is 7.07. The Morgan fingerprint density at radius 2 is 1.88 bits per heavy atom. The molecule has 4 rings (SSSR count). The quantitative estimate of drug-likeness (QED) is 0.490. The predicted octanol–water partition coefficient (Wildman–Crippen LogP) is 4.58. The van der Waals surface area contributed by atoms with E-state index in [1.165, 1.54) is 36.5 Å². The van der Waals surface area contributed by atoms with Gasteiger partial charge in [0.05, 0.1) is 29.0 Å². The molecule has 0 bridgehead atoms. The molecule has 2 heterocycles. The summed E-state index contributed by atoms with van der Waals surface area (Å²) in [5.74, 6) is -0.353. The average molecular weight is 500 g/mol. The fraction of sp³-hybridized carbons (Fsp3) is 0.190. The second kappa shape index (κ2) is 9.82. The van der Waals surface area contributed by atoms with Crippen LogP contribution in [0.3, 0.4) is 0 Å². The van der Waals surface area contributed by atoms with Gasteiger partial charge in [0.1, 0.15) is 11.5 Å². The summed E-state index contributed by atoms with van der Waals surface area (Å²) in [7, 11) is 0. The predicted molar refractivity (Wildman–Crippen MR) is 120 cm³/mol. The summed E-state index contributed by atoms with van der Waals surface area (Å²) in [6.07, 6.45) is -3.06. The van der Waals surface area contributed by atoms with Crippen molar-refractivity contribution in [1.82, 2.24) is 14.9 Å². The molecule has 12 heteroatoms. The van der Waals surface area contributed by atoms with Crippen molar-refractivity contribution in [2.24, 2.45) is 0 Å². The second-order valence-corrected chi connectivity index (χ2v) is 7.48. The highest BCUT2D eigenvalue weighted by atomic mass is 35.5. The molecule has 0 unspecified atom stereocenters. The number of halogens is 5. The van der Waals surface area contributed by atoms with Gasteiger partial charge < -0.3 is 20.5 Å². The number of imidazole rings is 1. The van der Waals surface area contributed by atoms with Gasteiger partial charge in [0.25, 0.3) is 11.8 Å². The first kappa shape index (κ1) is 24.6. The van der Waals surface area contributed by atoms with E-state index in [1.807, 2.05) is 0 Å². The standard InChI is InChI=1S/C21H17ClF3N5O2.ClH/c22-15-5-4-12(19(31)28-14-3-1-2-13(9-14)21(23,24)25)8-16(15)29-20(32)17-10-27-18-11-26-6-7-30(17)18;/h1-5,8-10,26H,6-7,11H2,(H,28,31)(H,29,32);1H. The maximum atomic E-state index is 12.9. The molecule has 2 aromatic carbocycles. The van der Waals surface area contributed by atoms with Crippen LogP contribution in [0, 0.1) is 0 Å². The lowest BCUT2D eigenvalue weighted by molar-refractivity contribution is -0.137. The van der Waals surface area contributed by atoms with E-state index in [1.54, 1.807) is 4.57 Å². The van der Waals surface area contributed by atoms with Crippen molar-refractivity contribution in [3.05, 3.63) is 76.3 Å².